The summed E-state index contributed by atoms with van der Waals surface area (Å²) in [5, 5.41) is 7.72. The second-order valence-electron chi connectivity index (χ2n) is 7.10. The monoisotopic (exact) mass is 409 g/mol. The number of nitrogens with one attached hydrogen (secondary N) is 3. The van der Waals surface area contributed by atoms with Gasteiger partial charge in [0.05, 0.1) is 13.2 Å². The summed E-state index contributed by atoms with van der Waals surface area (Å²) in [7, 11) is 0. The third-order valence-electron chi connectivity index (χ3n) is 3.29. The molecule has 9 nitrogen and oxygen atoms in total. The molecule has 0 spiro atoms. The van der Waals surface area contributed by atoms with Crippen LogP contribution in [0.5, 0.6) is 11.5 Å². The van der Waals surface area contributed by atoms with Gasteiger partial charge >= 0.3 is 6.09 Å². The first-order valence-corrected chi connectivity index (χ1v) is 9.55. The molecule has 1 aromatic rings. The Labute approximate surface area is 171 Å². The molecule has 0 atom stereocenters. The van der Waals surface area contributed by atoms with Crippen molar-refractivity contribution in [3.05, 3.63) is 24.3 Å². The van der Waals surface area contributed by atoms with Gasteiger partial charge in [0, 0.05) is 13.1 Å². The molecule has 0 heterocycles. The van der Waals surface area contributed by atoms with Crippen LogP contribution < -0.4 is 25.4 Å². The van der Waals surface area contributed by atoms with E-state index in [1.54, 1.807) is 45.0 Å². The Balaban J connectivity index is 2.08. The van der Waals surface area contributed by atoms with Crippen molar-refractivity contribution in [1.82, 2.24) is 16.0 Å². The van der Waals surface area contributed by atoms with Crippen LogP contribution in [0.25, 0.3) is 0 Å². The number of carbonyl (C=O) groups excluding carboxylic acids is 3. The van der Waals surface area contributed by atoms with E-state index < -0.39 is 11.7 Å². The minimum Gasteiger partial charge on any atom is -0.494 e. The molecular weight excluding hydrogens is 378 g/mol. The van der Waals surface area contributed by atoms with Gasteiger partial charge in [-0.05, 0) is 58.4 Å². The largest absolute Gasteiger partial charge is 0.494 e. The normalized spacial score (nSPS) is 10.6. The van der Waals surface area contributed by atoms with Crippen LogP contribution in [0.3, 0.4) is 0 Å². The van der Waals surface area contributed by atoms with Gasteiger partial charge in [0.2, 0.25) is 5.91 Å². The number of rotatable bonds is 11. The van der Waals surface area contributed by atoms with Gasteiger partial charge in [0.25, 0.3) is 5.91 Å². The number of alkyl carbamates (subject to hydrolysis) is 1. The van der Waals surface area contributed by atoms with Gasteiger partial charge in [-0.15, -0.1) is 0 Å². The van der Waals surface area contributed by atoms with E-state index in [2.05, 4.69) is 16.0 Å². The van der Waals surface area contributed by atoms with Gasteiger partial charge in [-0.2, -0.15) is 0 Å². The van der Waals surface area contributed by atoms with Crippen molar-refractivity contribution in [2.75, 3.05) is 32.8 Å². The predicted octanol–water partition coefficient (Wildman–Crippen LogP) is 1.61. The van der Waals surface area contributed by atoms with E-state index in [1.165, 1.54) is 0 Å². The average Bonchev–Trinajstić information content (AvgIpc) is 2.64. The quantitative estimate of drug-likeness (QED) is 0.479. The Bertz CT molecular complexity index is 655. The van der Waals surface area contributed by atoms with Crippen LogP contribution in [-0.4, -0.2) is 56.4 Å². The van der Waals surface area contributed by atoms with Crippen LogP contribution in [0.15, 0.2) is 24.3 Å². The van der Waals surface area contributed by atoms with Gasteiger partial charge < -0.3 is 30.2 Å². The number of hydrogen-bond acceptors (Lipinski definition) is 6. The smallest absolute Gasteiger partial charge is 0.408 e. The molecule has 0 unspecified atom stereocenters. The number of ether oxygens (including phenoxy) is 3. The third-order valence-corrected chi connectivity index (χ3v) is 3.29. The number of hydrogen-bond donors (Lipinski definition) is 3. The van der Waals surface area contributed by atoms with Gasteiger partial charge in [0.1, 0.15) is 17.1 Å². The van der Waals surface area contributed by atoms with E-state index in [0.29, 0.717) is 31.9 Å². The lowest BCUT2D eigenvalue weighted by Gasteiger charge is -2.19. The highest BCUT2D eigenvalue weighted by molar-refractivity contribution is 5.82. The summed E-state index contributed by atoms with van der Waals surface area (Å²) in [6.07, 6.45) is -0.0973. The summed E-state index contributed by atoms with van der Waals surface area (Å²) in [5.74, 6) is 0.735. The topological polar surface area (TPSA) is 115 Å². The average molecular weight is 409 g/mol. The van der Waals surface area contributed by atoms with Crippen molar-refractivity contribution in [1.29, 1.82) is 0 Å². The second-order valence-corrected chi connectivity index (χ2v) is 7.10. The van der Waals surface area contributed by atoms with Gasteiger partial charge in [-0.25, -0.2) is 4.79 Å². The molecule has 0 fully saturated rings. The first-order chi connectivity index (χ1) is 13.7. The Morgan fingerprint density at radius 3 is 1.97 bits per heavy atom. The lowest BCUT2D eigenvalue weighted by Crippen LogP contribution is -2.40. The summed E-state index contributed by atoms with van der Waals surface area (Å²) in [5.41, 5.74) is -0.616. The maximum Gasteiger partial charge on any atom is 0.408 e. The van der Waals surface area contributed by atoms with Crippen molar-refractivity contribution in [3.63, 3.8) is 0 Å². The van der Waals surface area contributed by atoms with Gasteiger partial charge in [-0.3, -0.25) is 9.59 Å². The second kappa shape index (κ2) is 12.5. The molecule has 0 aliphatic carbocycles. The number of carbonyl (C=O) groups is 3. The molecule has 3 N–H and O–H groups in total. The third kappa shape index (κ3) is 12.2. The lowest BCUT2D eigenvalue weighted by atomic mass is 10.2. The minimum atomic E-state index is -0.646. The zero-order valence-electron chi connectivity index (χ0n) is 17.5. The van der Waals surface area contributed by atoms with Crippen LogP contribution in [-0.2, 0) is 14.3 Å². The predicted molar refractivity (Wildman–Crippen MR) is 108 cm³/mol. The van der Waals surface area contributed by atoms with Gasteiger partial charge in [0.15, 0.2) is 6.61 Å². The molecule has 29 heavy (non-hydrogen) atoms. The van der Waals surface area contributed by atoms with E-state index in [0.717, 1.165) is 5.75 Å². The number of amides is 3. The van der Waals surface area contributed by atoms with E-state index in [9.17, 15) is 14.4 Å². The zero-order valence-corrected chi connectivity index (χ0v) is 17.5. The molecule has 0 saturated heterocycles. The van der Waals surface area contributed by atoms with E-state index in [-0.39, 0.29) is 25.0 Å². The molecule has 0 radical (unpaired) electrons. The molecule has 0 bridgehead atoms. The summed E-state index contributed by atoms with van der Waals surface area (Å²) in [6, 6.07) is 7.02. The molecular formula is C20H31N3O6. The first kappa shape index (κ1) is 24.1. The highest BCUT2D eigenvalue weighted by Gasteiger charge is 2.16. The highest BCUT2D eigenvalue weighted by atomic mass is 16.6. The molecule has 0 aliphatic heterocycles. The van der Waals surface area contributed by atoms with Crippen molar-refractivity contribution in [2.45, 2.75) is 39.7 Å². The van der Waals surface area contributed by atoms with Crippen LogP contribution in [0.1, 0.15) is 34.1 Å². The van der Waals surface area contributed by atoms with E-state index in [4.69, 9.17) is 14.2 Å². The molecule has 0 saturated carbocycles. The van der Waals surface area contributed by atoms with Crippen LogP contribution in [0.2, 0.25) is 0 Å². The van der Waals surface area contributed by atoms with Crippen molar-refractivity contribution in [3.8, 4) is 11.5 Å². The fourth-order valence-corrected chi connectivity index (χ4v) is 2.07. The summed E-state index contributed by atoms with van der Waals surface area (Å²) >= 11 is 0. The molecule has 0 aliphatic rings. The summed E-state index contributed by atoms with van der Waals surface area (Å²) < 4.78 is 15.8. The summed E-state index contributed by atoms with van der Waals surface area (Å²) in [4.78, 5) is 34.8. The van der Waals surface area contributed by atoms with E-state index in [1.807, 2.05) is 6.92 Å². The Kier molecular flexibility index (Phi) is 10.4. The Morgan fingerprint density at radius 1 is 0.862 bits per heavy atom. The zero-order chi connectivity index (χ0) is 21.7. The van der Waals surface area contributed by atoms with Gasteiger partial charge in [-0.1, -0.05) is 0 Å². The van der Waals surface area contributed by atoms with Crippen molar-refractivity contribution >= 4 is 17.9 Å². The Hall–Kier alpha value is -2.97. The maximum atomic E-state index is 11.8. The molecule has 0 aromatic heterocycles. The standard InChI is InChI=1S/C20H31N3O6/c1-5-27-15-7-9-16(10-8-15)28-14-18(25)22-12-6-11-21-17(24)13-23-19(26)29-20(2,3)4/h7-10H,5-6,11-14H2,1-4H3,(H,21,24)(H,22,25)(H,23,26). The number of benzene rings is 1. The fourth-order valence-electron chi connectivity index (χ4n) is 2.07. The van der Waals surface area contributed by atoms with Crippen molar-refractivity contribution in [2.24, 2.45) is 0 Å². The minimum absolute atomic E-state index is 0.0971. The molecule has 1 aromatic carbocycles. The molecule has 3 amide bonds. The fraction of sp³-hybridized carbons (Fsp3) is 0.550. The van der Waals surface area contributed by atoms with Crippen molar-refractivity contribution < 1.29 is 28.6 Å². The maximum absolute atomic E-state index is 11.8. The SMILES string of the molecule is CCOc1ccc(OCC(=O)NCCCNC(=O)CNC(=O)OC(C)(C)C)cc1. The summed E-state index contributed by atoms with van der Waals surface area (Å²) in [6.45, 7) is 8.21. The molecule has 9 heteroatoms. The van der Waals surface area contributed by atoms with Crippen LogP contribution >= 0.6 is 0 Å². The van der Waals surface area contributed by atoms with Crippen LogP contribution in [0, 0.1) is 0 Å². The lowest BCUT2D eigenvalue weighted by molar-refractivity contribution is -0.123. The molecule has 1 rings (SSSR count). The first-order valence-electron chi connectivity index (χ1n) is 9.55. The Morgan fingerprint density at radius 2 is 1.41 bits per heavy atom. The molecule has 162 valence electrons. The van der Waals surface area contributed by atoms with E-state index >= 15 is 0 Å². The van der Waals surface area contributed by atoms with Crippen LogP contribution in [0.4, 0.5) is 4.79 Å². The highest BCUT2D eigenvalue weighted by Crippen LogP contribution is 2.17.